The van der Waals surface area contributed by atoms with Crippen LogP contribution in [0.25, 0.3) is 0 Å². The van der Waals surface area contributed by atoms with E-state index in [0.29, 0.717) is 17.1 Å². The zero-order chi connectivity index (χ0) is 14.8. The molecular formula is C17H16BrNOS2. The van der Waals surface area contributed by atoms with E-state index < -0.39 is 0 Å². The average molecular weight is 394 g/mol. The molecule has 5 atom stereocenters. The number of benzene rings is 1. The predicted molar refractivity (Wildman–Crippen MR) is 94.9 cm³/mol. The fraction of sp³-hybridized carbons (Fsp3) is 0.471. The second-order valence-electron chi connectivity index (χ2n) is 6.73. The SMILES string of the molecule is O=c1[nH]c2c(s1)[C@H](c1ccc(Br)cc1)[C@@H]1[C@H]3CC[C@@H](C3)[C@@H]1S2. The lowest BCUT2D eigenvalue weighted by molar-refractivity contribution is 0.307. The van der Waals surface area contributed by atoms with Crippen molar-refractivity contribution in [3.8, 4) is 0 Å². The third kappa shape index (κ3) is 1.95. The lowest BCUT2D eigenvalue weighted by atomic mass is 9.75. The quantitative estimate of drug-likeness (QED) is 0.750. The molecule has 2 nitrogen and oxygen atoms in total. The van der Waals surface area contributed by atoms with Crippen LogP contribution in [-0.4, -0.2) is 10.2 Å². The highest BCUT2D eigenvalue weighted by atomic mass is 79.9. The lowest BCUT2D eigenvalue weighted by Crippen LogP contribution is -2.33. The topological polar surface area (TPSA) is 32.9 Å². The maximum absolute atomic E-state index is 11.9. The maximum atomic E-state index is 11.9. The Bertz CT molecular complexity index is 781. The van der Waals surface area contributed by atoms with Crippen LogP contribution in [0.5, 0.6) is 0 Å². The highest BCUT2D eigenvalue weighted by Gasteiger charge is 2.54. The molecule has 3 aliphatic rings. The van der Waals surface area contributed by atoms with Gasteiger partial charge in [0, 0.05) is 20.5 Å². The molecule has 0 spiro atoms. The molecule has 2 heterocycles. The van der Waals surface area contributed by atoms with Crippen LogP contribution in [0.3, 0.4) is 0 Å². The Kier molecular flexibility index (Phi) is 3.15. The largest absolute Gasteiger partial charge is 0.307 e. The van der Waals surface area contributed by atoms with E-state index in [9.17, 15) is 4.79 Å². The summed E-state index contributed by atoms with van der Waals surface area (Å²) in [6, 6.07) is 8.74. The first-order valence-corrected chi connectivity index (χ1v) is 10.3. The van der Waals surface area contributed by atoms with Crippen LogP contribution in [0, 0.1) is 17.8 Å². The van der Waals surface area contributed by atoms with E-state index in [1.165, 1.54) is 41.0 Å². The Hall–Kier alpha value is -0.520. The van der Waals surface area contributed by atoms with Crippen molar-refractivity contribution < 1.29 is 0 Å². The number of halogens is 1. The predicted octanol–water partition coefficient (Wildman–Crippen LogP) is 4.85. The molecule has 114 valence electrons. The third-order valence-electron chi connectivity index (χ3n) is 5.69. The van der Waals surface area contributed by atoms with E-state index >= 15 is 0 Å². The number of rotatable bonds is 1. The van der Waals surface area contributed by atoms with Gasteiger partial charge in [0.15, 0.2) is 0 Å². The van der Waals surface area contributed by atoms with Crippen LogP contribution in [0.1, 0.15) is 35.6 Å². The molecule has 1 aromatic carbocycles. The highest BCUT2D eigenvalue weighted by molar-refractivity contribution is 9.10. The van der Waals surface area contributed by atoms with Crippen molar-refractivity contribution in [1.29, 1.82) is 0 Å². The van der Waals surface area contributed by atoms with Gasteiger partial charge in [0.2, 0.25) is 0 Å². The second-order valence-corrected chi connectivity index (χ2v) is 9.85. The zero-order valence-corrected chi connectivity index (χ0v) is 15.1. The molecule has 5 heteroatoms. The van der Waals surface area contributed by atoms with Crippen LogP contribution in [0.4, 0.5) is 0 Å². The zero-order valence-electron chi connectivity index (χ0n) is 11.9. The van der Waals surface area contributed by atoms with Crippen molar-refractivity contribution in [3.05, 3.63) is 48.8 Å². The van der Waals surface area contributed by atoms with Crippen LogP contribution in [-0.2, 0) is 0 Å². The number of fused-ring (bicyclic) bond motifs is 6. The lowest BCUT2D eigenvalue weighted by Gasteiger charge is -2.40. The average Bonchev–Trinajstić information content (AvgIpc) is 3.19. The molecule has 0 unspecified atom stereocenters. The van der Waals surface area contributed by atoms with Gasteiger partial charge in [-0.1, -0.05) is 39.4 Å². The fourth-order valence-corrected chi connectivity index (χ4v) is 8.05. The normalized spacial score (nSPS) is 35.4. The van der Waals surface area contributed by atoms with Gasteiger partial charge in [-0.3, -0.25) is 4.79 Å². The maximum Gasteiger partial charge on any atom is 0.305 e. The number of thiazole rings is 1. The van der Waals surface area contributed by atoms with E-state index in [2.05, 4.69) is 45.2 Å². The van der Waals surface area contributed by atoms with E-state index in [1.54, 1.807) is 0 Å². The van der Waals surface area contributed by atoms with Crippen molar-refractivity contribution in [1.82, 2.24) is 4.98 Å². The summed E-state index contributed by atoms with van der Waals surface area (Å²) in [5.74, 6) is 2.83. The third-order valence-corrected chi connectivity index (χ3v) is 8.85. The van der Waals surface area contributed by atoms with Crippen molar-refractivity contribution in [2.45, 2.75) is 35.5 Å². The summed E-state index contributed by atoms with van der Waals surface area (Å²) < 4.78 is 1.12. The van der Waals surface area contributed by atoms with Crippen LogP contribution >= 0.6 is 39.0 Å². The standard InChI is InChI=1S/C17H16BrNOS2/c18-11-5-3-8(4-6-11)12-13-9-1-2-10(7-9)14(13)21-16-15(12)22-17(20)19-16/h3-6,9-10,12-14H,1-2,7H2,(H,19,20)/t9-,10-,12+,13-,14-/m0/s1. The molecule has 2 aliphatic carbocycles. The minimum Gasteiger partial charge on any atom is -0.307 e. The monoisotopic (exact) mass is 393 g/mol. The Balaban J connectivity index is 1.68. The van der Waals surface area contributed by atoms with E-state index in [-0.39, 0.29) is 4.87 Å². The number of H-pyrrole nitrogens is 1. The molecule has 1 aliphatic heterocycles. The first-order chi connectivity index (χ1) is 10.7. The van der Waals surface area contributed by atoms with Crippen molar-refractivity contribution in [2.24, 2.45) is 17.8 Å². The molecule has 0 saturated heterocycles. The molecule has 2 saturated carbocycles. The first kappa shape index (κ1) is 13.9. The molecule has 0 radical (unpaired) electrons. The van der Waals surface area contributed by atoms with E-state index in [1.807, 2.05) is 11.8 Å². The summed E-state index contributed by atoms with van der Waals surface area (Å²) in [6.45, 7) is 0. The summed E-state index contributed by atoms with van der Waals surface area (Å²) in [5, 5.41) is 1.85. The summed E-state index contributed by atoms with van der Waals surface area (Å²) in [4.78, 5) is 16.4. The van der Waals surface area contributed by atoms with Gasteiger partial charge < -0.3 is 4.98 Å². The van der Waals surface area contributed by atoms with Gasteiger partial charge in [0.25, 0.3) is 0 Å². The minimum absolute atomic E-state index is 0.104. The molecule has 2 aromatic rings. The molecule has 2 bridgehead atoms. The van der Waals surface area contributed by atoms with E-state index in [0.717, 1.165) is 21.3 Å². The van der Waals surface area contributed by atoms with Crippen molar-refractivity contribution in [3.63, 3.8) is 0 Å². The summed E-state index contributed by atoms with van der Waals surface area (Å²) in [7, 11) is 0. The van der Waals surface area contributed by atoms with Crippen LogP contribution < -0.4 is 4.87 Å². The Morgan fingerprint density at radius 3 is 2.73 bits per heavy atom. The number of hydrogen-bond donors (Lipinski definition) is 1. The van der Waals surface area contributed by atoms with Gasteiger partial charge in [0.05, 0.1) is 5.03 Å². The Morgan fingerprint density at radius 1 is 1.14 bits per heavy atom. The first-order valence-electron chi connectivity index (χ1n) is 7.86. The molecule has 0 amide bonds. The second kappa shape index (κ2) is 4.99. The number of hydrogen-bond acceptors (Lipinski definition) is 3. The molecular weight excluding hydrogens is 378 g/mol. The molecule has 5 rings (SSSR count). The van der Waals surface area contributed by atoms with Gasteiger partial charge in [-0.05, 0) is 54.7 Å². The van der Waals surface area contributed by atoms with Gasteiger partial charge in [-0.25, -0.2) is 0 Å². The Morgan fingerprint density at radius 2 is 1.91 bits per heavy atom. The smallest absolute Gasteiger partial charge is 0.305 e. The van der Waals surface area contributed by atoms with Gasteiger partial charge in [0.1, 0.15) is 0 Å². The van der Waals surface area contributed by atoms with Gasteiger partial charge in [-0.2, -0.15) is 0 Å². The van der Waals surface area contributed by atoms with Crippen molar-refractivity contribution in [2.75, 3.05) is 0 Å². The Labute approximate surface area is 145 Å². The number of aromatic amines is 1. The summed E-state index contributed by atoms with van der Waals surface area (Å²) in [5.41, 5.74) is 1.38. The van der Waals surface area contributed by atoms with Gasteiger partial charge >= 0.3 is 4.87 Å². The minimum atomic E-state index is 0.104. The number of thioether (sulfide) groups is 1. The summed E-state index contributed by atoms with van der Waals surface area (Å²) in [6.07, 6.45) is 4.16. The molecule has 22 heavy (non-hydrogen) atoms. The highest BCUT2D eigenvalue weighted by Crippen LogP contribution is 2.63. The van der Waals surface area contributed by atoms with Crippen LogP contribution in [0.2, 0.25) is 0 Å². The molecule has 1 aromatic heterocycles. The molecule has 1 N–H and O–H groups in total. The fourth-order valence-electron chi connectivity index (χ4n) is 4.89. The van der Waals surface area contributed by atoms with E-state index in [4.69, 9.17) is 0 Å². The van der Waals surface area contributed by atoms with Gasteiger partial charge in [-0.15, -0.1) is 11.8 Å². The number of aromatic nitrogens is 1. The molecule has 2 fully saturated rings. The number of nitrogens with one attached hydrogen (secondary N) is 1. The summed E-state index contributed by atoms with van der Waals surface area (Å²) >= 11 is 6.93. The van der Waals surface area contributed by atoms with Crippen molar-refractivity contribution >= 4 is 39.0 Å². The van der Waals surface area contributed by atoms with Crippen LogP contribution in [0.15, 0.2) is 38.6 Å².